The van der Waals surface area contributed by atoms with Gasteiger partial charge in [0.15, 0.2) is 11.5 Å². The topological polar surface area (TPSA) is 122 Å². The van der Waals surface area contributed by atoms with Crippen LogP contribution in [0.1, 0.15) is 18.4 Å². The van der Waals surface area contributed by atoms with Gasteiger partial charge in [0.25, 0.3) is 5.91 Å². The molecule has 1 aromatic carbocycles. The van der Waals surface area contributed by atoms with Crippen molar-refractivity contribution in [2.75, 3.05) is 17.7 Å². The summed E-state index contributed by atoms with van der Waals surface area (Å²) in [6.45, 7) is 0. The lowest BCUT2D eigenvalue weighted by Crippen LogP contribution is -2.22. The molecule has 2 aromatic heterocycles. The Bertz CT molecular complexity index is 1250. The number of imide groups is 1. The number of fused-ring (bicyclic) bond motifs is 1. The Hall–Kier alpha value is -4.15. The second-order valence-corrected chi connectivity index (χ2v) is 7.19. The van der Waals surface area contributed by atoms with Crippen LogP contribution in [0.25, 0.3) is 11.7 Å². The summed E-state index contributed by atoms with van der Waals surface area (Å²) >= 11 is 0. The predicted molar refractivity (Wildman–Crippen MR) is 111 cm³/mol. The number of carbonyl (C=O) groups is 2. The normalized spacial score (nSPS) is 17.0. The van der Waals surface area contributed by atoms with Gasteiger partial charge in [-0.25, -0.2) is 14.2 Å². The number of rotatable bonds is 6. The summed E-state index contributed by atoms with van der Waals surface area (Å²) in [6.07, 6.45) is 5.11. The zero-order valence-corrected chi connectivity index (χ0v) is 16.4. The number of carbonyl (C=O) groups excluding carboxylic acids is 2. The van der Waals surface area contributed by atoms with Crippen LogP contribution in [0.2, 0.25) is 0 Å². The highest BCUT2D eigenvalue weighted by atomic mass is 19.1. The first-order chi connectivity index (χ1) is 15.0. The van der Waals surface area contributed by atoms with E-state index in [1.807, 2.05) is 0 Å². The number of nitrogens with zero attached hydrogens (tertiary/aromatic N) is 3. The van der Waals surface area contributed by atoms with Gasteiger partial charge in [0.1, 0.15) is 28.8 Å². The Morgan fingerprint density at radius 3 is 2.84 bits per heavy atom. The van der Waals surface area contributed by atoms with Gasteiger partial charge >= 0.3 is 6.03 Å². The van der Waals surface area contributed by atoms with Crippen LogP contribution in [0.15, 0.2) is 36.2 Å². The molecule has 3 amide bonds. The van der Waals surface area contributed by atoms with Crippen LogP contribution < -0.4 is 26.0 Å². The van der Waals surface area contributed by atoms with E-state index < -0.39 is 17.8 Å². The van der Waals surface area contributed by atoms with Gasteiger partial charge in [-0.2, -0.15) is 9.61 Å². The third kappa shape index (κ3) is 3.61. The first kappa shape index (κ1) is 18.9. The van der Waals surface area contributed by atoms with Crippen molar-refractivity contribution in [3.8, 4) is 5.75 Å². The van der Waals surface area contributed by atoms with Gasteiger partial charge in [-0.05, 0) is 31.1 Å². The van der Waals surface area contributed by atoms with Gasteiger partial charge in [0.2, 0.25) is 0 Å². The van der Waals surface area contributed by atoms with Crippen molar-refractivity contribution < 1.29 is 18.7 Å². The van der Waals surface area contributed by atoms with Crippen molar-refractivity contribution in [1.82, 2.24) is 25.2 Å². The number of hydrogen-bond donors (Lipinski definition) is 4. The van der Waals surface area contributed by atoms with E-state index in [-0.39, 0.29) is 11.4 Å². The minimum atomic E-state index is -0.592. The lowest BCUT2D eigenvalue weighted by Gasteiger charge is -2.14. The highest BCUT2D eigenvalue weighted by Crippen LogP contribution is 2.32. The zero-order chi connectivity index (χ0) is 21.5. The third-order valence-electron chi connectivity index (χ3n) is 4.90. The second kappa shape index (κ2) is 7.27. The van der Waals surface area contributed by atoms with Crippen molar-refractivity contribution in [3.05, 3.63) is 47.5 Å². The first-order valence-corrected chi connectivity index (χ1v) is 9.60. The summed E-state index contributed by atoms with van der Waals surface area (Å²) in [5, 5.41) is 15.3. The van der Waals surface area contributed by atoms with E-state index in [2.05, 4.69) is 31.3 Å². The van der Waals surface area contributed by atoms with Crippen molar-refractivity contribution in [1.29, 1.82) is 0 Å². The van der Waals surface area contributed by atoms with E-state index in [0.29, 0.717) is 34.6 Å². The van der Waals surface area contributed by atoms with Crippen LogP contribution in [0.3, 0.4) is 0 Å². The summed E-state index contributed by atoms with van der Waals surface area (Å²) in [5.74, 6) is 0.332. The number of methoxy groups -OCH3 is 1. The molecule has 11 heteroatoms. The predicted octanol–water partition coefficient (Wildman–Crippen LogP) is 2.38. The van der Waals surface area contributed by atoms with E-state index in [1.54, 1.807) is 28.9 Å². The molecule has 1 saturated carbocycles. The molecule has 0 radical (unpaired) electrons. The smallest absolute Gasteiger partial charge is 0.326 e. The van der Waals surface area contributed by atoms with E-state index >= 15 is 0 Å². The standard InChI is InChI=1S/C20H18FN7O3/c1-31-14-4-2-3-12(21)17(14)25-15-8-16(23-11-5-6-11)28-18(26-15)10(9-22-28)7-13-19(29)27-20(30)24-13/h2-4,7-9,11,23H,5-6H2,1H3,(H,25,26)(H2,24,27,29,30)/b13-7-. The molecular weight excluding hydrogens is 405 g/mol. The van der Waals surface area contributed by atoms with Gasteiger partial charge in [0.05, 0.1) is 13.3 Å². The molecule has 3 aromatic rings. The number of benzene rings is 1. The van der Waals surface area contributed by atoms with Crippen molar-refractivity contribution in [2.24, 2.45) is 0 Å². The average molecular weight is 423 g/mol. The third-order valence-corrected chi connectivity index (χ3v) is 4.90. The number of para-hydroxylation sites is 1. The molecule has 0 unspecified atom stereocenters. The van der Waals surface area contributed by atoms with E-state index in [1.165, 1.54) is 19.3 Å². The molecule has 10 nitrogen and oxygen atoms in total. The highest BCUT2D eigenvalue weighted by Gasteiger charge is 2.25. The minimum absolute atomic E-state index is 0.0903. The van der Waals surface area contributed by atoms with Gasteiger partial charge in [-0.3, -0.25) is 10.1 Å². The van der Waals surface area contributed by atoms with Gasteiger partial charge in [-0.15, -0.1) is 0 Å². The lowest BCUT2D eigenvalue weighted by molar-refractivity contribution is -0.115. The van der Waals surface area contributed by atoms with Crippen LogP contribution >= 0.6 is 0 Å². The van der Waals surface area contributed by atoms with Crippen LogP contribution in [-0.2, 0) is 4.79 Å². The molecule has 4 N–H and O–H groups in total. The van der Waals surface area contributed by atoms with Crippen LogP contribution in [0.4, 0.5) is 26.5 Å². The molecule has 0 bridgehead atoms. The van der Waals surface area contributed by atoms with Gasteiger partial charge in [0, 0.05) is 17.7 Å². The fraction of sp³-hybridized carbons (Fsp3) is 0.200. The molecule has 31 heavy (non-hydrogen) atoms. The van der Waals surface area contributed by atoms with Crippen molar-refractivity contribution in [2.45, 2.75) is 18.9 Å². The number of hydrogen-bond acceptors (Lipinski definition) is 7. The minimum Gasteiger partial charge on any atom is -0.494 e. The summed E-state index contributed by atoms with van der Waals surface area (Å²) in [7, 11) is 1.46. The maximum absolute atomic E-state index is 14.4. The van der Waals surface area contributed by atoms with Crippen LogP contribution in [-0.4, -0.2) is 39.7 Å². The molecule has 0 spiro atoms. The molecule has 2 aliphatic rings. The van der Waals surface area contributed by atoms with Gasteiger partial charge in [-0.1, -0.05) is 6.07 Å². The quantitative estimate of drug-likeness (QED) is 0.355. The molecule has 158 valence electrons. The van der Waals surface area contributed by atoms with Crippen molar-refractivity contribution >= 4 is 41.0 Å². The number of amides is 3. The fourth-order valence-electron chi connectivity index (χ4n) is 3.25. The Kier molecular flexibility index (Phi) is 4.42. The number of ether oxygens (including phenoxy) is 1. The SMILES string of the molecule is COc1cccc(F)c1Nc1cc(NC2CC2)n2ncc(/C=C3\NC(=O)NC3=O)c2n1. The van der Waals surface area contributed by atoms with E-state index in [0.717, 1.165) is 12.8 Å². The number of halogens is 1. The summed E-state index contributed by atoms with van der Waals surface area (Å²) in [6, 6.07) is 5.98. The number of aromatic nitrogens is 3. The Labute approximate surface area is 175 Å². The average Bonchev–Trinajstić information content (AvgIpc) is 3.38. The maximum Gasteiger partial charge on any atom is 0.326 e. The molecule has 1 aliphatic carbocycles. The molecule has 1 aliphatic heterocycles. The Morgan fingerprint density at radius 1 is 1.29 bits per heavy atom. The first-order valence-electron chi connectivity index (χ1n) is 9.60. The molecule has 1 saturated heterocycles. The monoisotopic (exact) mass is 423 g/mol. The maximum atomic E-state index is 14.4. The largest absolute Gasteiger partial charge is 0.494 e. The van der Waals surface area contributed by atoms with Crippen LogP contribution in [0.5, 0.6) is 5.75 Å². The molecule has 0 atom stereocenters. The molecule has 3 heterocycles. The number of nitrogens with one attached hydrogen (secondary N) is 4. The Balaban J connectivity index is 1.60. The number of urea groups is 1. The zero-order valence-electron chi connectivity index (χ0n) is 16.4. The molecule has 2 fully saturated rings. The Morgan fingerprint density at radius 2 is 2.13 bits per heavy atom. The molecular formula is C20H18FN7O3. The highest BCUT2D eigenvalue weighted by molar-refractivity contribution is 6.14. The lowest BCUT2D eigenvalue weighted by atomic mass is 10.2. The second-order valence-electron chi connectivity index (χ2n) is 7.19. The summed E-state index contributed by atoms with van der Waals surface area (Å²) in [5.41, 5.74) is 1.17. The number of anilines is 3. The van der Waals surface area contributed by atoms with Gasteiger partial charge < -0.3 is 20.7 Å². The van der Waals surface area contributed by atoms with E-state index in [4.69, 9.17) is 4.74 Å². The van der Waals surface area contributed by atoms with Crippen LogP contribution in [0, 0.1) is 5.82 Å². The summed E-state index contributed by atoms with van der Waals surface area (Å²) in [4.78, 5) is 27.9. The fourth-order valence-corrected chi connectivity index (χ4v) is 3.25. The van der Waals surface area contributed by atoms with E-state index in [9.17, 15) is 14.0 Å². The summed E-state index contributed by atoms with van der Waals surface area (Å²) < 4.78 is 21.3. The molecule has 5 rings (SSSR count). The van der Waals surface area contributed by atoms with Crippen molar-refractivity contribution in [3.63, 3.8) is 0 Å².